The van der Waals surface area contributed by atoms with Gasteiger partial charge in [-0.1, -0.05) is 18.2 Å². The van der Waals surface area contributed by atoms with Gasteiger partial charge in [0, 0.05) is 30.9 Å². The summed E-state index contributed by atoms with van der Waals surface area (Å²) in [5.74, 6) is -0.547. The van der Waals surface area contributed by atoms with Gasteiger partial charge in [-0.15, -0.1) is 0 Å². The monoisotopic (exact) mass is 338 g/mol. The fraction of sp³-hybridized carbons (Fsp3) is 0.111. The number of anilines is 1. The first-order chi connectivity index (χ1) is 12.1. The Morgan fingerprint density at radius 3 is 2.96 bits per heavy atom. The summed E-state index contributed by atoms with van der Waals surface area (Å²) in [6.07, 6.45) is 4.78. The van der Waals surface area contributed by atoms with Crippen LogP contribution < -0.4 is 5.32 Å². The van der Waals surface area contributed by atoms with Crippen molar-refractivity contribution < 1.29 is 13.6 Å². The first-order valence-corrected chi connectivity index (χ1v) is 7.72. The number of carbonyl (C=O) groups is 1. The number of nitrogens with one attached hydrogen (secondary N) is 1. The summed E-state index contributed by atoms with van der Waals surface area (Å²) in [6.45, 7) is 0.291. The summed E-state index contributed by atoms with van der Waals surface area (Å²) in [4.78, 5) is 12.5. The molecule has 0 bridgehead atoms. The van der Waals surface area contributed by atoms with E-state index in [1.54, 1.807) is 59.1 Å². The molecule has 0 radical (unpaired) electrons. The molecule has 0 unspecified atom stereocenters. The first-order valence-electron chi connectivity index (χ1n) is 7.72. The Balaban J connectivity index is 1.51. The molecule has 3 aromatic heterocycles. The fourth-order valence-electron chi connectivity index (χ4n) is 2.78. The predicted octanol–water partition coefficient (Wildman–Crippen LogP) is 3.41. The lowest BCUT2D eigenvalue weighted by atomic mass is 10.2. The van der Waals surface area contributed by atoms with Crippen molar-refractivity contribution in [1.29, 1.82) is 0 Å². The Morgan fingerprint density at radius 1 is 1.32 bits per heavy atom. The number of hydrogen-bond acceptors (Lipinski definition) is 3. The highest BCUT2D eigenvalue weighted by atomic mass is 19.1. The number of aromatic nitrogens is 3. The summed E-state index contributed by atoms with van der Waals surface area (Å²) < 4.78 is 22.4. The van der Waals surface area contributed by atoms with E-state index < -0.39 is 0 Å². The SMILES string of the molecule is Cn1c(C(=O)Nc2cnn(Cc3ccccc3F)c2)cc2occc21. The van der Waals surface area contributed by atoms with Crippen molar-refractivity contribution in [2.45, 2.75) is 6.54 Å². The van der Waals surface area contributed by atoms with Crippen molar-refractivity contribution in [2.24, 2.45) is 7.05 Å². The summed E-state index contributed by atoms with van der Waals surface area (Å²) >= 11 is 0. The summed E-state index contributed by atoms with van der Waals surface area (Å²) in [7, 11) is 1.80. The third-order valence-corrected chi connectivity index (χ3v) is 4.08. The molecule has 0 fully saturated rings. The van der Waals surface area contributed by atoms with Crippen LogP contribution in [0.25, 0.3) is 11.1 Å². The molecule has 0 saturated carbocycles. The number of halogens is 1. The maximum Gasteiger partial charge on any atom is 0.272 e. The van der Waals surface area contributed by atoms with Crippen LogP contribution in [0.2, 0.25) is 0 Å². The second kappa shape index (κ2) is 5.94. The van der Waals surface area contributed by atoms with Gasteiger partial charge >= 0.3 is 0 Å². The lowest BCUT2D eigenvalue weighted by Gasteiger charge is -2.04. The Bertz CT molecular complexity index is 1060. The highest BCUT2D eigenvalue weighted by Crippen LogP contribution is 2.20. The molecule has 1 aromatic carbocycles. The minimum absolute atomic E-state index is 0.264. The molecule has 126 valence electrons. The van der Waals surface area contributed by atoms with Gasteiger partial charge in [0.25, 0.3) is 5.91 Å². The molecule has 6 nitrogen and oxygen atoms in total. The summed E-state index contributed by atoms with van der Waals surface area (Å²) in [6, 6.07) is 10.0. The van der Waals surface area contributed by atoms with Crippen LogP contribution in [0.3, 0.4) is 0 Å². The van der Waals surface area contributed by atoms with Crippen LogP contribution in [-0.2, 0) is 13.6 Å². The normalized spacial score (nSPS) is 11.1. The number of nitrogens with zero attached hydrogens (tertiary/aromatic N) is 3. The van der Waals surface area contributed by atoms with E-state index in [1.165, 1.54) is 12.3 Å². The molecule has 0 atom stereocenters. The molecule has 4 aromatic rings. The molecule has 7 heteroatoms. The Labute approximate surface area is 142 Å². The molecule has 4 rings (SSSR count). The predicted molar refractivity (Wildman–Crippen MR) is 90.9 cm³/mol. The van der Waals surface area contributed by atoms with E-state index in [1.807, 2.05) is 0 Å². The second-order valence-electron chi connectivity index (χ2n) is 5.73. The molecule has 0 aliphatic carbocycles. The highest BCUT2D eigenvalue weighted by Gasteiger charge is 2.16. The van der Waals surface area contributed by atoms with E-state index in [4.69, 9.17) is 4.42 Å². The smallest absolute Gasteiger partial charge is 0.272 e. The number of rotatable bonds is 4. The zero-order valence-corrected chi connectivity index (χ0v) is 13.4. The van der Waals surface area contributed by atoms with Gasteiger partial charge < -0.3 is 14.3 Å². The summed E-state index contributed by atoms with van der Waals surface area (Å²) in [5, 5.41) is 6.96. The van der Waals surface area contributed by atoms with Crippen molar-refractivity contribution in [3.63, 3.8) is 0 Å². The quantitative estimate of drug-likeness (QED) is 0.620. The Hall–Kier alpha value is -3.35. The van der Waals surface area contributed by atoms with Crippen LogP contribution >= 0.6 is 0 Å². The number of benzene rings is 1. The van der Waals surface area contributed by atoms with Gasteiger partial charge in [-0.05, 0) is 6.07 Å². The van der Waals surface area contributed by atoms with Crippen LogP contribution in [0.5, 0.6) is 0 Å². The van der Waals surface area contributed by atoms with E-state index in [0.717, 1.165) is 5.52 Å². The molecule has 1 amide bonds. The number of furan rings is 1. The molecule has 1 N–H and O–H groups in total. The van der Waals surface area contributed by atoms with E-state index in [0.29, 0.717) is 29.1 Å². The minimum Gasteiger partial charge on any atom is -0.463 e. The van der Waals surface area contributed by atoms with Gasteiger partial charge in [-0.3, -0.25) is 9.48 Å². The molecule has 0 aliphatic heterocycles. The molecule has 0 saturated heterocycles. The molecule has 3 heterocycles. The van der Waals surface area contributed by atoms with Crippen molar-refractivity contribution >= 4 is 22.7 Å². The van der Waals surface area contributed by atoms with Crippen molar-refractivity contribution in [3.8, 4) is 0 Å². The number of carbonyl (C=O) groups excluding carboxylic acids is 1. The molecular formula is C18H15FN4O2. The van der Waals surface area contributed by atoms with E-state index in [-0.39, 0.29) is 11.7 Å². The van der Waals surface area contributed by atoms with Gasteiger partial charge in [0.2, 0.25) is 0 Å². The fourth-order valence-corrected chi connectivity index (χ4v) is 2.78. The van der Waals surface area contributed by atoms with Crippen molar-refractivity contribution in [3.05, 3.63) is 72.1 Å². The maximum atomic E-state index is 13.7. The van der Waals surface area contributed by atoms with Crippen molar-refractivity contribution in [2.75, 3.05) is 5.32 Å². The maximum absolute atomic E-state index is 13.7. The van der Waals surface area contributed by atoms with E-state index in [2.05, 4.69) is 10.4 Å². The highest BCUT2D eigenvalue weighted by molar-refractivity contribution is 6.05. The van der Waals surface area contributed by atoms with Gasteiger partial charge in [-0.2, -0.15) is 5.10 Å². The third-order valence-electron chi connectivity index (χ3n) is 4.08. The van der Waals surface area contributed by atoms with Gasteiger partial charge in [0.1, 0.15) is 11.5 Å². The van der Waals surface area contributed by atoms with Gasteiger partial charge in [0.15, 0.2) is 5.58 Å². The van der Waals surface area contributed by atoms with Crippen LogP contribution in [0.4, 0.5) is 10.1 Å². The molecular weight excluding hydrogens is 323 g/mol. The molecule has 0 spiro atoms. The number of hydrogen-bond donors (Lipinski definition) is 1. The second-order valence-corrected chi connectivity index (χ2v) is 5.73. The zero-order valence-electron chi connectivity index (χ0n) is 13.4. The number of aryl methyl sites for hydroxylation is 1. The lowest BCUT2D eigenvalue weighted by molar-refractivity contribution is 0.101. The number of amides is 1. The van der Waals surface area contributed by atoms with Crippen LogP contribution in [0.1, 0.15) is 16.1 Å². The van der Waals surface area contributed by atoms with Crippen LogP contribution in [-0.4, -0.2) is 20.3 Å². The van der Waals surface area contributed by atoms with Gasteiger partial charge in [-0.25, -0.2) is 4.39 Å². The van der Waals surface area contributed by atoms with Gasteiger partial charge in [0.05, 0.1) is 30.2 Å². The zero-order chi connectivity index (χ0) is 17.4. The minimum atomic E-state index is -0.282. The standard InChI is InChI=1S/C18H15FN4O2/c1-22-15-6-7-25-17(15)8-16(22)18(24)21-13-9-20-23(11-13)10-12-4-2-3-5-14(12)19/h2-9,11H,10H2,1H3,(H,21,24). The Kier molecular flexibility index (Phi) is 3.61. The topological polar surface area (TPSA) is 65.0 Å². The first kappa shape index (κ1) is 15.2. The Morgan fingerprint density at radius 2 is 2.16 bits per heavy atom. The molecule has 25 heavy (non-hydrogen) atoms. The largest absolute Gasteiger partial charge is 0.463 e. The van der Waals surface area contributed by atoms with E-state index >= 15 is 0 Å². The lowest BCUT2D eigenvalue weighted by Crippen LogP contribution is -2.15. The van der Waals surface area contributed by atoms with E-state index in [9.17, 15) is 9.18 Å². The van der Waals surface area contributed by atoms with Crippen LogP contribution in [0, 0.1) is 5.82 Å². The summed E-state index contributed by atoms with van der Waals surface area (Å²) in [5.41, 5.74) is 3.06. The number of fused-ring (bicyclic) bond motifs is 1. The average molecular weight is 338 g/mol. The molecule has 0 aliphatic rings. The average Bonchev–Trinajstić information content (AvgIpc) is 3.28. The van der Waals surface area contributed by atoms with Crippen LogP contribution in [0.15, 0.2) is 59.5 Å². The third kappa shape index (κ3) is 2.80. The van der Waals surface area contributed by atoms with Crippen molar-refractivity contribution in [1.82, 2.24) is 14.3 Å².